The molecule has 0 aliphatic rings. The van der Waals surface area contributed by atoms with E-state index in [1.165, 1.54) is 12.8 Å². The van der Waals surface area contributed by atoms with Crippen LogP contribution in [-0.2, 0) is 0 Å². The minimum absolute atomic E-state index is 0.100. The Balaban J connectivity index is 1.57. The number of ether oxygens (including phenoxy) is 1. The lowest BCUT2D eigenvalue weighted by Gasteiger charge is -2.15. The summed E-state index contributed by atoms with van der Waals surface area (Å²) in [6.45, 7) is 4.71. The second-order valence-electron chi connectivity index (χ2n) is 8.04. The summed E-state index contributed by atoms with van der Waals surface area (Å²) in [6, 6.07) is 23.8. The normalized spacial score (nSPS) is 11.5. The third kappa shape index (κ3) is 7.21. The fraction of sp³-hybridized carbons (Fsp3) is 0.286. The monoisotopic (exact) mass is 444 g/mol. The summed E-state index contributed by atoms with van der Waals surface area (Å²) in [7, 11) is 0. The molecule has 0 aromatic heterocycles. The van der Waals surface area contributed by atoms with Crippen molar-refractivity contribution in [1.29, 1.82) is 0 Å². The number of nitrogens with one attached hydrogen (secondary N) is 2. The van der Waals surface area contributed by atoms with Crippen molar-refractivity contribution in [3.05, 3.63) is 95.6 Å². The number of carbonyl (C=O) groups excluding carboxylic acids is 2. The molecule has 3 rings (SSSR count). The van der Waals surface area contributed by atoms with E-state index in [1.807, 2.05) is 55.5 Å². The number of hydrogen-bond donors (Lipinski definition) is 2. The maximum absolute atomic E-state index is 12.8. The van der Waals surface area contributed by atoms with Crippen LogP contribution in [-0.4, -0.2) is 18.4 Å². The molecule has 2 amide bonds. The Morgan fingerprint density at radius 1 is 0.818 bits per heavy atom. The van der Waals surface area contributed by atoms with Crippen LogP contribution in [0.1, 0.15) is 71.9 Å². The lowest BCUT2D eigenvalue weighted by atomic mass is 10.1. The van der Waals surface area contributed by atoms with Gasteiger partial charge in [0.25, 0.3) is 11.8 Å². The van der Waals surface area contributed by atoms with E-state index in [1.54, 1.807) is 30.3 Å². The predicted octanol–water partition coefficient (Wildman–Crippen LogP) is 6.39. The van der Waals surface area contributed by atoms with Gasteiger partial charge in [0.2, 0.25) is 0 Å². The van der Waals surface area contributed by atoms with Crippen molar-refractivity contribution in [3.63, 3.8) is 0 Å². The van der Waals surface area contributed by atoms with Crippen molar-refractivity contribution in [2.24, 2.45) is 0 Å². The molecule has 0 saturated carbocycles. The first kappa shape index (κ1) is 24.1. The zero-order valence-electron chi connectivity index (χ0n) is 19.3. The molecule has 0 spiro atoms. The number of unbranched alkanes of at least 4 members (excludes halogenated alkanes) is 3. The summed E-state index contributed by atoms with van der Waals surface area (Å²) in [5, 5.41) is 5.89. The maximum Gasteiger partial charge on any atom is 0.259 e. The molecule has 1 unspecified atom stereocenters. The number of para-hydroxylation sites is 1. The molecule has 0 bridgehead atoms. The second kappa shape index (κ2) is 12.4. The van der Waals surface area contributed by atoms with Crippen LogP contribution in [0.25, 0.3) is 0 Å². The van der Waals surface area contributed by atoms with Crippen molar-refractivity contribution >= 4 is 17.5 Å². The zero-order valence-corrected chi connectivity index (χ0v) is 19.3. The van der Waals surface area contributed by atoms with Crippen LogP contribution in [0.3, 0.4) is 0 Å². The van der Waals surface area contributed by atoms with Gasteiger partial charge >= 0.3 is 0 Å². The molecule has 0 heterocycles. The number of anilines is 1. The molecule has 5 heteroatoms. The van der Waals surface area contributed by atoms with E-state index in [2.05, 4.69) is 17.6 Å². The Hall–Kier alpha value is -3.60. The van der Waals surface area contributed by atoms with Crippen molar-refractivity contribution < 1.29 is 14.3 Å². The largest absolute Gasteiger partial charge is 0.493 e. The Labute approximate surface area is 196 Å². The van der Waals surface area contributed by atoms with Crippen molar-refractivity contribution in [2.75, 3.05) is 11.9 Å². The zero-order chi connectivity index (χ0) is 23.5. The fourth-order valence-corrected chi connectivity index (χ4v) is 3.50. The van der Waals surface area contributed by atoms with E-state index in [-0.39, 0.29) is 17.9 Å². The predicted molar refractivity (Wildman–Crippen MR) is 133 cm³/mol. The molecule has 2 N–H and O–H groups in total. The van der Waals surface area contributed by atoms with E-state index in [0.717, 1.165) is 18.4 Å². The molecule has 0 saturated heterocycles. The van der Waals surface area contributed by atoms with Gasteiger partial charge in [0.1, 0.15) is 5.75 Å². The van der Waals surface area contributed by atoms with Crippen molar-refractivity contribution in [1.82, 2.24) is 5.32 Å². The summed E-state index contributed by atoms with van der Waals surface area (Å²) in [6.07, 6.45) is 4.45. The third-order valence-corrected chi connectivity index (χ3v) is 5.44. The summed E-state index contributed by atoms with van der Waals surface area (Å²) in [5.74, 6) is 0.178. The number of amides is 2. The number of rotatable bonds is 11. The van der Waals surface area contributed by atoms with Gasteiger partial charge in [0.05, 0.1) is 18.2 Å². The highest BCUT2D eigenvalue weighted by Gasteiger charge is 2.14. The Kier molecular flexibility index (Phi) is 9.07. The molecule has 172 valence electrons. The SMILES string of the molecule is CCCCCCOc1ccccc1C(=O)Nc1ccc(C(=O)NC(C)c2ccccc2)cc1. The van der Waals surface area contributed by atoms with Crippen molar-refractivity contribution in [2.45, 2.75) is 45.6 Å². The van der Waals surface area contributed by atoms with Crippen LogP contribution in [0.5, 0.6) is 5.75 Å². The fourth-order valence-electron chi connectivity index (χ4n) is 3.50. The summed E-state index contributed by atoms with van der Waals surface area (Å²) < 4.78 is 5.85. The molecule has 3 aromatic carbocycles. The first-order valence-corrected chi connectivity index (χ1v) is 11.6. The van der Waals surface area contributed by atoms with Crippen LogP contribution in [0.2, 0.25) is 0 Å². The highest BCUT2D eigenvalue weighted by Crippen LogP contribution is 2.21. The first-order chi connectivity index (χ1) is 16.1. The quantitative estimate of drug-likeness (QED) is 0.337. The van der Waals surface area contributed by atoms with Crippen LogP contribution in [0, 0.1) is 0 Å². The molecule has 33 heavy (non-hydrogen) atoms. The molecule has 0 fully saturated rings. The average molecular weight is 445 g/mol. The minimum Gasteiger partial charge on any atom is -0.493 e. The average Bonchev–Trinajstić information content (AvgIpc) is 2.85. The summed E-state index contributed by atoms with van der Waals surface area (Å²) in [5.41, 5.74) is 2.68. The van der Waals surface area contributed by atoms with Gasteiger partial charge in [-0.25, -0.2) is 0 Å². The van der Waals surface area contributed by atoms with Gasteiger partial charge in [-0.2, -0.15) is 0 Å². The van der Waals surface area contributed by atoms with Gasteiger partial charge in [-0.15, -0.1) is 0 Å². The molecular weight excluding hydrogens is 412 g/mol. The maximum atomic E-state index is 12.8. The molecular formula is C28H32N2O3. The summed E-state index contributed by atoms with van der Waals surface area (Å²) >= 11 is 0. The van der Waals surface area contributed by atoms with E-state index in [0.29, 0.717) is 29.2 Å². The van der Waals surface area contributed by atoms with Gasteiger partial charge in [-0.1, -0.05) is 68.7 Å². The summed E-state index contributed by atoms with van der Waals surface area (Å²) in [4.78, 5) is 25.4. The molecule has 3 aromatic rings. The highest BCUT2D eigenvalue weighted by atomic mass is 16.5. The third-order valence-electron chi connectivity index (χ3n) is 5.44. The Bertz CT molecular complexity index is 1030. The standard InChI is InChI=1S/C28H32N2O3/c1-3-4-5-11-20-33-26-15-10-9-14-25(26)28(32)30-24-18-16-23(17-19-24)27(31)29-21(2)22-12-7-6-8-13-22/h6-10,12-19,21H,3-5,11,20H2,1-2H3,(H,29,31)(H,30,32). The Morgan fingerprint density at radius 2 is 1.52 bits per heavy atom. The van der Waals surface area contributed by atoms with Gasteiger partial charge in [0.15, 0.2) is 0 Å². The van der Waals surface area contributed by atoms with Gasteiger partial charge in [-0.05, 0) is 55.3 Å². The van der Waals surface area contributed by atoms with Crippen molar-refractivity contribution in [3.8, 4) is 5.75 Å². The molecule has 0 radical (unpaired) electrons. The Morgan fingerprint density at radius 3 is 2.24 bits per heavy atom. The molecule has 1 atom stereocenters. The number of carbonyl (C=O) groups is 2. The molecule has 5 nitrogen and oxygen atoms in total. The van der Waals surface area contributed by atoms with Crippen LogP contribution in [0.4, 0.5) is 5.69 Å². The molecule has 0 aliphatic heterocycles. The van der Waals surface area contributed by atoms with Gasteiger partial charge < -0.3 is 15.4 Å². The van der Waals surface area contributed by atoms with E-state index >= 15 is 0 Å². The number of hydrogen-bond acceptors (Lipinski definition) is 3. The first-order valence-electron chi connectivity index (χ1n) is 11.6. The molecule has 0 aliphatic carbocycles. The minimum atomic E-state index is -0.242. The van der Waals surface area contributed by atoms with Gasteiger partial charge in [0, 0.05) is 11.3 Å². The lowest BCUT2D eigenvalue weighted by Crippen LogP contribution is -2.26. The van der Waals surface area contributed by atoms with E-state index in [9.17, 15) is 9.59 Å². The topological polar surface area (TPSA) is 67.4 Å². The van der Waals surface area contributed by atoms with Crippen LogP contribution in [0.15, 0.2) is 78.9 Å². The smallest absolute Gasteiger partial charge is 0.259 e. The number of benzene rings is 3. The van der Waals surface area contributed by atoms with Gasteiger partial charge in [-0.3, -0.25) is 9.59 Å². The van der Waals surface area contributed by atoms with E-state index < -0.39 is 0 Å². The van der Waals surface area contributed by atoms with Crippen LogP contribution >= 0.6 is 0 Å². The highest BCUT2D eigenvalue weighted by molar-refractivity contribution is 6.06. The van der Waals surface area contributed by atoms with E-state index in [4.69, 9.17) is 4.74 Å². The second-order valence-corrected chi connectivity index (χ2v) is 8.04. The lowest BCUT2D eigenvalue weighted by molar-refractivity contribution is 0.0939. The van der Waals surface area contributed by atoms with Crippen LogP contribution < -0.4 is 15.4 Å².